The normalized spacial score (nSPS) is 27.1. The van der Waals surface area contributed by atoms with Gasteiger partial charge in [-0.25, -0.2) is 0 Å². The van der Waals surface area contributed by atoms with E-state index in [1.54, 1.807) is 0 Å². The second-order valence-corrected chi connectivity index (χ2v) is 5.82. The summed E-state index contributed by atoms with van der Waals surface area (Å²) in [6.45, 7) is 3.03. The van der Waals surface area contributed by atoms with Gasteiger partial charge in [-0.1, -0.05) is 12.1 Å². The summed E-state index contributed by atoms with van der Waals surface area (Å²) >= 11 is 0. The fourth-order valence-electron chi connectivity index (χ4n) is 3.08. The van der Waals surface area contributed by atoms with E-state index in [2.05, 4.69) is 25.1 Å². The standard InChI is InChI=1S/C16H23NO2/c1-11-9-13-10-12(4-7-16(13)19-11)15(17)6-5-14-3-2-8-18-14/h4,7,10-11,14-15H,2-3,5-6,8-9,17H2,1H3. The van der Waals surface area contributed by atoms with Crippen LogP contribution in [0.25, 0.3) is 0 Å². The largest absolute Gasteiger partial charge is 0.490 e. The molecule has 1 fully saturated rings. The van der Waals surface area contributed by atoms with Crippen LogP contribution < -0.4 is 10.5 Å². The first-order chi connectivity index (χ1) is 9.22. The summed E-state index contributed by atoms with van der Waals surface area (Å²) in [5.74, 6) is 1.03. The Morgan fingerprint density at radius 2 is 2.32 bits per heavy atom. The third kappa shape index (κ3) is 2.93. The number of ether oxygens (including phenoxy) is 2. The van der Waals surface area contributed by atoms with E-state index in [9.17, 15) is 0 Å². The van der Waals surface area contributed by atoms with Crippen LogP contribution in [0.2, 0.25) is 0 Å². The van der Waals surface area contributed by atoms with Crippen molar-refractivity contribution >= 4 is 0 Å². The van der Waals surface area contributed by atoms with Gasteiger partial charge in [0.15, 0.2) is 0 Å². The van der Waals surface area contributed by atoms with E-state index in [0.29, 0.717) is 12.2 Å². The van der Waals surface area contributed by atoms with Crippen molar-refractivity contribution in [2.75, 3.05) is 6.61 Å². The summed E-state index contributed by atoms with van der Waals surface area (Å²) in [7, 11) is 0. The Morgan fingerprint density at radius 3 is 3.11 bits per heavy atom. The first-order valence-electron chi connectivity index (χ1n) is 7.39. The van der Waals surface area contributed by atoms with E-state index in [4.69, 9.17) is 15.2 Å². The molecule has 2 aliphatic heterocycles. The number of hydrogen-bond donors (Lipinski definition) is 1. The molecule has 104 valence electrons. The van der Waals surface area contributed by atoms with Gasteiger partial charge in [-0.15, -0.1) is 0 Å². The van der Waals surface area contributed by atoms with Crippen molar-refractivity contribution in [3.63, 3.8) is 0 Å². The van der Waals surface area contributed by atoms with Crippen LogP contribution in [0, 0.1) is 0 Å². The van der Waals surface area contributed by atoms with Crippen LogP contribution in [0.1, 0.15) is 49.8 Å². The van der Waals surface area contributed by atoms with Crippen molar-refractivity contribution in [2.24, 2.45) is 5.73 Å². The van der Waals surface area contributed by atoms with Crippen molar-refractivity contribution in [3.05, 3.63) is 29.3 Å². The topological polar surface area (TPSA) is 44.5 Å². The lowest BCUT2D eigenvalue weighted by Crippen LogP contribution is -2.14. The van der Waals surface area contributed by atoms with E-state index in [-0.39, 0.29) is 6.04 Å². The lowest BCUT2D eigenvalue weighted by molar-refractivity contribution is 0.101. The molecule has 0 bridgehead atoms. The van der Waals surface area contributed by atoms with Gasteiger partial charge in [0.05, 0.1) is 6.10 Å². The van der Waals surface area contributed by atoms with Crippen LogP contribution in [0.4, 0.5) is 0 Å². The summed E-state index contributed by atoms with van der Waals surface area (Å²) < 4.78 is 11.4. The zero-order valence-corrected chi connectivity index (χ0v) is 11.6. The Labute approximate surface area is 115 Å². The van der Waals surface area contributed by atoms with Crippen LogP contribution in [0.15, 0.2) is 18.2 Å². The maximum absolute atomic E-state index is 6.31. The van der Waals surface area contributed by atoms with Gasteiger partial charge in [-0.05, 0) is 49.8 Å². The smallest absolute Gasteiger partial charge is 0.123 e. The van der Waals surface area contributed by atoms with Gasteiger partial charge in [-0.2, -0.15) is 0 Å². The van der Waals surface area contributed by atoms with Crippen LogP contribution in [-0.2, 0) is 11.2 Å². The van der Waals surface area contributed by atoms with Crippen molar-refractivity contribution in [2.45, 2.75) is 57.3 Å². The Morgan fingerprint density at radius 1 is 1.42 bits per heavy atom. The second-order valence-electron chi connectivity index (χ2n) is 5.82. The minimum atomic E-state index is 0.116. The number of benzene rings is 1. The Hall–Kier alpha value is -1.06. The first kappa shape index (κ1) is 12.9. The molecular formula is C16H23NO2. The number of nitrogens with two attached hydrogens (primary N) is 1. The van der Waals surface area contributed by atoms with Gasteiger partial charge in [0.1, 0.15) is 11.9 Å². The molecule has 1 aromatic carbocycles. The molecule has 3 nitrogen and oxygen atoms in total. The minimum Gasteiger partial charge on any atom is -0.490 e. The van der Waals surface area contributed by atoms with Gasteiger partial charge in [0.2, 0.25) is 0 Å². The van der Waals surface area contributed by atoms with E-state index in [1.807, 2.05) is 0 Å². The molecule has 3 rings (SSSR count). The minimum absolute atomic E-state index is 0.116. The molecule has 0 aliphatic carbocycles. The highest BCUT2D eigenvalue weighted by molar-refractivity contribution is 5.41. The fourth-order valence-corrected chi connectivity index (χ4v) is 3.08. The molecule has 3 atom stereocenters. The maximum atomic E-state index is 6.31. The zero-order valence-electron chi connectivity index (χ0n) is 11.6. The maximum Gasteiger partial charge on any atom is 0.123 e. The van der Waals surface area contributed by atoms with Crippen molar-refractivity contribution in [1.82, 2.24) is 0 Å². The molecule has 0 radical (unpaired) electrons. The number of rotatable bonds is 4. The summed E-state index contributed by atoms with van der Waals surface area (Å²) in [5, 5.41) is 0. The molecule has 1 aromatic rings. The van der Waals surface area contributed by atoms with Crippen molar-refractivity contribution in [1.29, 1.82) is 0 Å². The van der Waals surface area contributed by atoms with E-state index in [1.165, 1.54) is 24.0 Å². The van der Waals surface area contributed by atoms with Gasteiger partial charge < -0.3 is 15.2 Å². The summed E-state index contributed by atoms with van der Waals surface area (Å²) in [5.41, 5.74) is 8.84. The van der Waals surface area contributed by atoms with Gasteiger partial charge in [-0.3, -0.25) is 0 Å². The van der Waals surface area contributed by atoms with Crippen LogP contribution in [0.3, 0.4) is 0 Å². The lowest BCUT2D eigenvalue weighted by Gasteiger charge is -2.15. The zero-order chi connectivity index (χ0) is 13.2. The average molecular weight is 261 g/mol. The Balaban J connectivity index is 1.60. The quantitative estimate of drug-likeness (QED) is 0.906. The van der Waals surface area contributed by atoms with Gasteiger partial charge in [0, 0.05) is 19.1 Å². The highest BCUT2D eigenvalue weighted by atomic mass is 16.5. The van der Waals surface area contributed by atoms with E-state index < -0.39 is 0 Å². The molecule has 0 amide bonds. The summed E-state index contributed by atoms with van der Waals surface area (Å²) in [6, 6.07) is 6.52. The van der Waals surface area contributed by atoms with Gasteiger partial charge in [0.25, 0.3) is 0 Å². The van der Waals surface area contributed by atoms with Gasteiger partial charge >= 0.3 is 0 Å². The first-order valence-corrected chi connectivity index (χ1v) is 7.39. The summed E-state index contributed by atoms with van der Waals surface area (Å²) in [4.78, 5) is 0. The molecular weight excluding hydrogens is 238 g/mol. The van der Waals surface area contributed by atoms with Crippen molar-refractivity contribution in [3.8, 4) is 5.75 Å². The highest BCUT2D eigenvalue weighted by Gasteiger charge is 2.21. The van der Waals surface area contributed by atoms with E-state index >= 15 is 0 Å². The summed E-state index contributed by atoms with van der Waals surface area (Å²) in [6.07, 6.45) is 6.21. The third-order valence-electron chi connectivity index (χ3n) is 4.17. The Bertz CT molecular complexity index is 440. The van der Waals surface area contributed by atoms with E-state index in [0.717, 1.165) is 31.6 Å². The Kier molecular flexibility index (Phi) is 3.76. The van der Waals surface area contributed by atoms with Crippen LogP contribution >= 0.6 is 0 Å². The SMILES string of the molecule is CC1Cc2cc(C(N)CCC3CCCO3)ccc2O1. The molecule has 0 saturated carbocycles. The predicted molar refractivity (Wildman–Crippen MR) is 75.4 cm³/mol. The molecule has 1 saturated heterocycles. The molecule has 3 unspecified atom stereocenters. The fraction of sp³-hybridized carbons (Fsp3) is 0.625. The number of hydrogen-bond acceptors (Lipinski definition) is 3. The van der Waals surface area contributed by atoms with Crippen LogP contribution in [0.5, 0.6) is 5.75 Å². The predicted octanol–water partition coefficient (Wildman–Crippen LogP) is 2.97. The van der Waals surface area contributed by atoms with Crippen molar-refractivity contribution < 1.29 is 9.47 Å². The molecule has 3 heteroatoms. The molecule has 0 spiro atoms. The monoisotopic (exact) mass is 261 g/mol. The molecule has 0 aromatic heterocycles. The molecule has 2 heterocycles. The molecule has 19 heavy (non-hydrogen) atoms. The number of fused-ring (bicyclic) bond motifs is 1. The lowest BCUT2D eigenvalue weighted by atomic mass is 9.97. The molecule has 2 N–H and O–H groups in total. The molecule has 2 aliphatic rings. The average Bonchev–Trinajstić information content (AvgIpc) is 3.02. The second kappa shape index (κ2) is 5.51. The highest BCUT2D eigenvalue weighted by Crippen LogP contribution is 2.32. The van der Waals surface area contributed by atoms with Crippen LogP contribution in [-0.4, -0.2) is 18.8 Å². The third-order valence-corrected chi connectivity index (χ3v) is 4.17.